The number of hydrogen-bond donors (Lipinski definition) is 1. The summed E-state index contributed by atoms with van der Waals surface area (Å²) in [6.07, 6.45) is 3.76. The van der Waals surface area contributed by atoms with Crippen LogP contribution in [-0.2, 0) is 4.79 Å². The summed E-state index contributed by atoms with van der Waals surface area (Å²) in [6.45, 7) is 4.47. The van der Waals surface area contributed by atoms with Crippen LogP contribution < -0.4 is 19.9 Å². The molecular weight excluding hydrogens is 366 g/mol. The molecule has 1 aliphatic rings. The zero-order valence-electron chi connectivity index (χ0n) is 17.2. The number of ether oxygens (including phenoxy) is 1. The van der Waals surface area contributed by atoms with Crippen molar-refractivity contribution in [2.24, 2.45) is 0 Å². The Morgan fingerprint density at radius 2 is 1.72 bits per heavy atom. The first-order valence-electron chi connectivity index (χ1n) is 10.1. The zero-order chi connectivity index (χ0) is 20.6. The Morgan fingerprint density at radius 3 is 2.38 bits per heavy atom. The lowest BCUT2D eigenvalue weighted by Gasteiger charge is -2.29. The normalized spacial score (nSPS) is 13.7. The third kappa shape index (κ3) is 5.28. The van der Waals surface area contributed by atoms with Gasteiger partial charge in [-0.2, -0.15) is 0 Å². The quantitative estimate of drug-likeness (QED) is 0.780. The Morgan fingerprint density at radius 1 is 1.03 bits per heavy atom. The molecule has 1 N–H and O–H groups in total. The van der Waals surface area contributed by atoms with Crippen LogP contribution in [0.15, 0.2) is 48.5 Å². The predicted octanol–water partition coefficient (Wildman–Crippen LogP) is 3.47. The molecule has 0 unspecified atom stereocenters. The highest BCUT2D eigenvalue weighted by Gasteiger charge is 2.16. The Labute approximate surface area is 172 Å². The third-order valence-corrected chi connectivity index (χ3v) is 5.24. The van der Waals surface area contributed by atoms with Gasteiger partial charge in [0.1, 0.15) is 5.75 Å². The van der Waals surface area contributed by atoms with Crippen molar-refractivity contribution < 1.29 is 14.3 Å². The number of para-hydroxylation sites is 1. The van der Waals surface area contributed by atoms with Gasteiger partial charge in [-0.3, -0.25) is 9.59 Å². The molecule has 0 aliphatic carbocycles. The average molecular weight is 396 g/mol. The number of carbonyl (C=O) groups is 2. The van der Waals surface area contributed by atoms with Gasteiger partial charge in [-0.25, -0.2) is 0 Å². The summed E-state index contributed by atoms with van der Waals surface area (Å²) in [5, 5.41) is 2.87. The van der Waals surface area contributed by atoms with Gasteiger partial charge in [0.15, 0.2) is 0 Å². The van der Waals surface area contributed by atoms with E-state index in [4.69, 9.17) is 4.74 Å². The number of rotatable bonds is 7. The van der Waals surface area contributed by atoms with Crippen LogP contribution in [0.25, 0.3) is 0 Å². The minimum absolute atomic E-state index is 0.0535. The maximum absolute atomic E-state index is 12.4. The lowest BCUT2D eigenvalue weighted by molar-refractivity contribution is -0.116. The number of carbonyl (C=O) groups excluding carboxylic acids is 2. The minimum Gasteiger partial charge on any atom is -0.496 e. The van der Waals surface area contributed by atoms with E-state index in [1.807, 2.05) is 18.2 Å². The molecule has 0 bridgehead atoms. The first kappa shape index (κ1) is 20.7. The highest BCUT2D eigenvalue weighted by molar-refractivity contribution is 5.97. The first-order chi connectivity index (χ1) is 14.1. The predicted molar refractivity (Wildman–Crippen MR) is 116 cm³/mol. The number of nitrogens with one attached hydrogen (secondary N) is 1. The number of piperidine rings is 1. The van der Waals surface area contributed by atoms with E-state index in [9.17, 15) is 9.59 Å². The molecule has 0 aromatic heterocycles. The van der Waals surface area contributed by atoms with Gasteiger partial charge in [0.2, 0.25) is 5.91 Å². The summed E-state index contributed by atoms with van der Waals surface area (Å²) in [4.78, 5) is 28.7. The highest BCUT2D eigenvalue weighted by Crippen LogP contribution is 2.24. The fourth-order valence-corrected chi connectivity index (χ4v) is 3.67. The van der Waals surface area contributed by atoms with Crippen LogP contribution in [0.4, 0.5) is 11.4 Å². The average Bonchev–Trinajstić information content (AvgIpc) is 2.77. The molecule has 1 aliphatic heterocycles. The molecule has 0 saturated carbocycles. The second-order valence-corrected chi connectivity index (χ2v) is 7.19. The van der Waals surface area contributed by atoms with Crippen LogP contribution in [-0.4, -0.2) is 45.1 Å². The maximum Gasteiger partial charge on any atom is 0.255 e. The fourth-order valence-electron chi connectivity index (χ4n) is 3.67. The van der Waals surface area contributed by atoms with E-state index in [0.717, 1.165) is 18.8 Å². The van der Waals surface area contributed by atoms with Gasteiger partial charge in [-0.15, -0.1) is 0 Å². The number of methoxy groups -OCH3 is 1. The van der Waals surface area contributed by atoms with Crippen LogP contribution in [0, 0.1) is 0 Å². The van der Waals surface area contributed by atoms with Crippen LogP contribution in [0.2, 0.25) is 0 Å². The van der Waals surface area contributed by atoms with Gasteiger partial charge < -0.3 is 19.9 Å². The largest absolute Gasteiger partial charge is 0.496 e. The molecule has 3 rings (SSSR count). The lowest BCUT2D eigenvalue weighted by atomic mass is 10.1. The van der Waals surface area contributed by atoms with Crippen molar-refractivity contribution >= 4 is 23.2 Å². The Balaban J connectivity index is 1.60. The molecule has 6 heteroatoms. The number of hydrogen-bond acceptors (Lipinski definition) is 4. The molecule has 2 aromatic carbocycles. The van der Waals surface area contributed by atoms with Gasteiger partial charge >= 0.3 is 0 Å². The van der Waals surface area contributed by atoms with Crippen molar-refractivity contribution in [1.29, 1.82) is 0 Å². The number of nitrogens with zero attached hydrogens (tertiary/aromatic N) is 2. The van der Waals surface area contributed by atoms with Gasteiger partial charge in [0, 0.05) is 44.5 Å². The first-order valence-corrected chi connectivity index (χ1v) is 10.1. The van der Waals surface area contributed by atoms with Crippen molar-refractivity contribution in [2.75, 3.05) is 43.1 Å². The highest BCUT2D eigenvalue weighted by atomic mass is 16.5. The van der Waals surface area contributed by atoms with Gasteiger partial charge in [0.05, 0.1) is 12.7 Å². The van der Waals surface area contributed by atoms with Crippen molar-refractivity contribution in [2.45, 2.75) is 26.2 Å². The van der Waals surface area contributed by atoms with E-state index in [0.29, 0.717) is 24.4 Å². The molecule has 6 nitrogen and oxygen atoms in total. The van der Waals surface area contributed by atoms with E-state index >= 15 is 0 Å². The third-order valence-electron chi connectivity index (χ3n) is 5.24. The maximum atomic E-state index is 12.4. The summed E-state index contributed by atoms with van der Waals surface area (Å²) in [5.41, 5.74) is 2.52. The van der Waals surface area contributed by atoms with Crippen molar-refractivity contribution in [3.8, 4) is 5.75 Å². The van der Waals surface area contributed by atoms with Gasteiger partial charge in [-0.05, 0) is 55.7 Å². The Kier molecular flexibility index (Phi) is 7.11. The lowest BCUT2D eigenvalue weighted by Crippen LogP contribution is -2.37. The SMILES string of the molecule is COc1ccccc1C(=O)NCCN(C(C)=O)c1ccc(N2CCCCC2)cc1. The molecule has 0 radical (unpaired) electrons. The van der Waals surface area contributed by atoms with Crippen LogP contribution in [0.3, 0.4) is 0 Å². The smallest absolute Gasteiger partial charge is 0.255 e. The van der Waals surface area contributed by atoms with E-state index in [1.54, 1.807) is 30.0 Å². The van der Waals surface area contributed by atoms with Crippen molar-refractivity contribution in [3.63, 3.8) is 0 Å². The standard InChI is InChI=1S/C23H29N3O3/c1-18(27)26(17-14-24-23(28)21-8-4-5-9-22(21)29-2)20-12-10-19(11-13-20)25-15-6-3-7-16-25/h4-5,8-13H,3,6-7,14-17H2,1-2H3,(H,24,28). The zero-order valence-corrected chi connectivity index (χ0v) is 17.2. The second kappa shape index (κ2) is 9.96. The van der Waals surface area contributed by atoms with Gasteiger partial charge in [0.25, 0.3) is 5.91 Å². The van der Waals surface area contributed by atoms with E-state index in [1.165, 1.54) is 32.1 Å². The molecule has 1 fully saturated rings. The topological polar surface area (TPSA) is 61.9 Å². The van der Waals surface area contributed by atoms with E-state index < -0.39 is 0 Å². The molecule has 0 atom stereocenters. The summed E-state index contributed by atoms with van der Waals surface area (Å²) in [7, 11) is 1.54. The van der Waals surface area contributed by atoms with E-state index in [2.05, 4.69) is 22.3 Å². The van der Waals surface area contributed by atoms with Crippen LogP contribution >= 0.6 is 0 Å². The summed E-state index contributed by atoms with van der Waals surface area (Å²) >= 11 is 0. The minimum atomic E-state index is -0.216. The Bertz CT molecular complexity index is 830. The molecule has 154 valence electrons. The second-order valence-electron chi connectivity index (χ2n) is 7.19. The molecule has 1 heterocycles. The molecule has 29 heavy (non-hydrogen) atoms. The fraction of sp³-hybridized carbons (Fsp3) is 0.391. The van der Waals surface area contributed by atoms with Crippen LogP contribution in [0.5, 0.6) is 5.75 Å². The molecule has 1 saturated heterocycles. The number of amides is 2. The van der Waals surface area contributed by atoms with Crippen molar-refractivity contribution in [1.82, 2.24) is 5.32 Å². The van der Waals surface area contributed by atoms with Gasteiger partial charge in [-0.1, -0.05) is 12.1 Å². The summed E-state index contributed by atoms with van der Waals surface area (Å²) < 4.78 is 5.23. The summed E-state index contributed by atoms with van der Waals surface area (Å²) in [6, 6.07) is 15.2. The number of anilines is 2. The summed E-state index contributed by atoms with van der Waals surface area (Å²) in [5.74, 6) is 0.260. The molecule has 0 spiro atoms. The Hall–Kier alpha value is -3.02. The van der Waals surface area contributed by atoms with E-state index in [-0.39, 0.29) is 11.8 Å². The number of benzene rings is 2. The molecule has 2 amide bonds. The monoisotopic (exact) mass is 395 g/mol. The van der Waals surface area contributed by atoms with Crippen molar-refractivity contribution in [3.05, 3.63) is 54.1 Å². The molecule has 2 aromatic rings. The molecular formula is C23H29N3O3. The van der Waals surface area contributed by atoms with Crippen LogP contribution in [0.1, 0.15) is 36.5 Å².